The Bertz CT molecular complexity index is 695. The Morgan fingerprint density at radius 1 is 0.846 bits per heavy atom. The molecule has 147 valence electrons. The Labute approximate surface area is 172 Å². The first-order chi connectivity index (χ1) is 11.7. The van der Waals surface area contributed by atoms with Gasteiger partial charge >= 0.3 is 0 Å². The van der Waals surface area contributed by atoms with Crippen LogP contribution < -0.4 is 0 Å². The van der Waals surface area contributed by atoms with Crippen LogP contribution in [0.2, 0.25) is 0 Å². The molecular weight excluding hydrogens is 502 g/mol. The zero-order valence-electron chi connectivity index (χ0n) is 17.1. The second-order valence-electron chi connectivity index (χ2n) is 7.76. The molecule has 0 saturated carbocycles. The number of aliphatic hydroxyl groups is 2. The SMILES string of the molecule is CC1(C)c2c[c-]c(-c3ccccn3)cc2C(C)(C)C1(C)C.CO.CO.[Ir]. The van der Waals surface area contributed by atoms with Gasteiger partial charge in [0.15, 0.2) is 0 Å². The van der Waals surface area contributed by atoms with Gasteiger partial charge in [0.25, 0.3) is 0 Å². The van der Waals surface area contributed by atoms with Crippen LogP contribution in [0, 0.1) is 11.5 Å². The van der Waals surface area contributed by atoms with Crippen LogP contribution in [0.5, 0.6) is 0 Å². The minimum Gasteiger partial charge on any atom is -0.400 e. The van der Waals surface area contributed by atoms with Gasteiger partial charge in [-0.15, -0.1) is 34.9 Å². The molecule has 1 aromatic heterocycles. The van der Waals surface area contributed by atoms with Gasteiger partial charge in [0.1, 0.15) is 0 Å². The minimum atomic E-state index is 0. The summed E-state index contributed by atoms with van der Waals surface area (Å²) >= 11 is 0. The van der Waals surface area contributed by atoms with E-state index in [0.29, 0.717) is 0 Å². The van der Waals surface area contributed by atoms with Crippen molar-refractivity contribution in [2.45, 2.75) is 52.4 Å². The molecule has 3 rings (SSSR count). The minimum absolute atomic E-state index is 0. The van der Waals surface area contributed by atoms with Gasteiger partial charge < -0.3 is 15.2 Å². The van der Waals surface area contributed by atoms with Gasteiger partial charge in [0.05, 0.1) is 0 Å². The summed E-state index contributed by atoms with van der Waals surface area (Å²) in [4.78, 5) is 4.46. The van der Waals surface area contributed by atoms with E-state index in [-0.39, 0.29) is 36.4 Å². The maximum absolute atomic E-state index is 7.00. The molecule has 0 fully saturated rings. The first-order valence-electron chi connectivity index (χ1n) is 8.57. The molecule has 4 heteroatoms. The second kappa shape index (κ2) is 9.23. The number of nitrogens with zero attached hydrogens (tertiary/aromatic N) is 1. The van der Waals surface area contributed by atoms with Crippen molar-refractivity contribution in [3.05, 3.63) is 53.7 Å². The standard InChI is InChI=1S/C20H24N.2CH4O.Ir/c1-18(2)15-11-10-14(17-9-7-8-12-21-17)13-16(15)19(3,4)20(18,5)6;2*1-2;/h7-9,11-13H,1-6H3;2*2H,1H3;/q-1;;;. The summed E-state index contributed by atoms with van der Waals surface area (Å²) in [5.41, 5.74) is 5.43. The van der Waals surface area contributed by atoms with Crippen molar-refractivity contribution in [2.75, 3.05) is 14.2 Å². The molecule has 1 heterocycles. The fourth-order valence-corrected chi connectivity index (χ4v) is 3.65. The van der Waals surface area contributed by atoms with Gasteiger partial charge in [-0.3, -0.25) is 0 Å². The number of hydrogen-bond donors (Lipinski definition) is 2. The summed E-state index contributed by atoms with van der Waals surface area (Å²) in [7, 11) is 2.00. The summed E-state index contributed by atoms with van der Waals surface area (Å²) in [6.45, 7) is 14.2. The molecular formula is C22H32IrNO2-. The van der Waals surface area contributed by atoms with E-state index in [0.717, 1.165) is 25.5 Å². The molecule has 0 aliphatic heterocycles. The fourth-order valence-electron chi connectivity index (χ4n) is 3.65. The van der Waals surface area contributed by atoms with Crippen molar-refractivity contribution in [3.63, 3.8) is 0 Å². The number of benzene rings is 1. The normalized spacial score (nSPS) is 17.5. The Kier molecular flexibility index (Phi) is 8.86. The largest absolute Gasteiger partial charge is 0.400 e. The van der Waals surface area contributed by atoms with Crippen molar-refractivity contribution < 1.29 is 30.3 Å². The number of hydrogen-bond acceptors (Lipinski definition) is 3. The molecule has 2 N–H and O–H groups in total. The zero-order chi connectivity index (χ0) is 19.5. The number of rotatable bonds is 1. The average Bonchev–Trinajstić information content (AvgIpc) is 2.74. The summed E-state index contributed by atoms with van der Waals surface area (Å²) in [5.74, 6) is 0. The van der Waals surface area contributed by atoms with Crippen LogP contribution in [0.25, 0.3) is 11.3 Å². The van der Waals surface area contributed by atoms with Crippen LogP contribution in [0.15, 0.2) is 36.5 Å². The van der Waals surface area contributed by atoms with E-state index in [9.17, 15) is 0 Å². The van der Waals surface area contributed by atoms with E-state index in [2.05, 4.69) is 70.8 Å². The van der Waals surface area contributed by atoms with Crippen molar-refractivity contribution in [1.29, 1.82) is 0 Å². The number of aliphatic hydroxyl groups excluding tert-OH is 2. The summed E-state index contributed by atoms with van der Waals surface area (Å²) in [6, 6.07) is 14.0. The monoisotopic (exact) mass is 535 g/mol. The maximum atomic E-state index is 7.00. The fraction of sp³-hybridized carbons (Fsp3) is 0.500. The second-order valence-corrected chi connectivity index (χ2v) is 7.76. The quantitative estimate of drug-likeness (QED) is 0.535. The molecule has 1 aromatic carbocycles. The van der Waals surface area contributed by atoms with Crippen molar-refractivity contribution >= 4 is 0 Å². The van der Waals surface area contributed by atoms with Crippen molar-refractivity contribution in [3.8, 4) is 11.3 Å². The molecule has 1 aliphatic carbocycles. The maximum Gasteiger partial charge on any atom is 0.0319 e. The van der Waals surface area contributed by atoms with Crippen molar-refractivity contribution in [1.82, 2.24) is 4.98 Å². The van der Waals surface area contributed by atoms with Crippen LogP contribution >= 0.6 is 0 Å². The smallest absolute Gasteiger partial charge is 0.0319 e. The first kappa shape index (κ1) is 24.9. The van der Waals surface area contributed by atoms with Gasteiger partial charge in [-0.2, -0.15) is 0 Å². The average molecular weight is 535 g/mol. The third-order valence-corrected chi connectivity index (χ3v) is 6.36. The van der Waals surface area contributed by atoms with Gasteiger partial charge in [-0.1, -0.05) is 53.7 Å². The molecule has 0 amide bonds. The van der Waals surface area contributed by atoms with Crippen LogP contribution in [0.4, 0.5) is 0 Å². The van der Waals surface area contributed by atoms with Gasteiger partial charge in [-0.05, 0) is 28.0 Å². The van der Waals surface area contributed by atoms with E-state index >= 15 is 0 Å². The van der Waals surface area contributed by atoms with Crippen LogP contribution in [0.3, 0.4) is 0 Å². The number of aromatic nitrogens is 1. The molecule has 0 spiro atoms. The molecule has 1 aliphatic rings. The molecule has 2 aromatic rings. The molecule has 3 nitrogen and oxygen atoms in total. The van der Waals surface area contributed by atoms with Crippen LogP contribution in [-0.4, -0.2) is 29.4 Å². The van der Waals surface area contributed by atoms with E-state index in [1.807, 2.05) is 18.3 Å². The molecule has 26 heavy (non-hydrogen) atoms. The Morgan fingerprint density at radius 2 is 1.38 bits per heavy atom. The molecule has 0 atom stereocenters. The molecule has 0 unspecified atom stereocenters. The Balaban J connectivity index is 0.00000117. The van der Waals surface area contributed by atoms with E-state index in [1.54, 1.807) is 0 Å². The topological polar surface area (TPSA) is 53.4 Å². The first-order valence-corrected chi connectivity index (χ1v) is 8.57. The van der Waals surface area contributed by atoms with Crippen LogP contribution in [-0.2, 0) is 30.9 Å². The Morgan fingerprint density at radius 3 is 1.88 bits per heavy atom. The zero-order valence-corrected chi connectivity index (χ0v) is 19.5. The third-order valence-electron chi connectivity index (χ3n) is 6.36. The molecule has 0 bridgehead atoms. The van der Waals surface area contributed by atoms with Gasteiger partial charge in [0.2, 0.25) is 0 Å². The summed E-state index contributed by atoms with van der Waals surface area (Å²) in [5, 5.41) is 14.0. The van der Waals surface area contributed by atoms with E-state index < -0.39 is 0 Å². The van der Waals surface area contributed by atoms with E-state index in [4.69, 9.17) is 10.2 Å². The third kappa shape index (κ3) is 3.80. The van der Waals surface area contributed by atoms with Crippen LogP contribution in [0.1, 0.15) is 52.7 Å². The number of pyridine rings is 1. The molecule has 1 radical (unpaired) electrons. The van der Waals surface area contributed by atoms with E-state index in [1.165, 1.54) is 11.1 Å². The molecule has 0 saturated heterocycles. The van der Waals surface area contributed by atoms with Gasteiger partial charge in [-0.25, -0.2) is 0 Å². The predicted octanol–water partition coefficient (Wildman–Crippen LogP) is 4.36. The van der Waals surface area contributed by atoms with Crippen molar-refractivity contribution in [2.24, 2.45) is 5.41 Å². The van der Waals surface area contributed by atoms with Gasteiger partial charge in [0, 0.05) is 40.5 Å². The predicted molar refractivity (Wildman–Crippen MR) is 105 cm³/mol. The Hall–Kier alpha value is -1.06. The summed E-state index contributed by atoms with van der Waals surface area (Å²) in [6.07, 6.45) is 1.84. The number of fused-ring (bicyclic) bond motifs is 1. The summed E-state index contributed by atoms with van der Waals surface area (Å²) < 4.78 is 0.